The van der Waals surface area contributed by atoms with E-state index in [1.54, 1.807) is 6.20 Å². The Bertz CT molecular complexity index is 704. The van der Waals surface area contributed by atoms with Gasteiger partial charge in [-0.05, 0) is 29.2 Å². The number of rotatable bonds is 1. The lowest BCUT2D eigenvalue weighted by Gasteiger charge is -2.16. The number of hydrogen-bond donors (Lipinski definition) is 1. The smallest absolute Gasteiger partial charge is 0.255 e. The molecular formula is C15H16BNO2. The van der Waals surface area contributed by atoms with Crippen molar-refractivity contribution in [3.05, 3.63) is 46.4 Å². The maximum atomic E-state index is 11.9. The second-order valence-corrected chi connectivity index (χ2v) is 5.76. The topological polar surface area (TPSA) is 42.1 Å². The summed E-state index contributed by atoms with van der Waals surface area (Å²) in [7, 11) is 2.03. The van der Waals surface area contributed by atoms with Gasteiger partial charge < -0.3 is 9.72 Å². The van der Waals surface area contributed by atoms with E-state index in [2.05, 4.69) is 24.9 Å². The monoisotopic (exact) mass is 253 g/mol. The van der Waals surface area contributed by atoms with Crippen LogP contribution in [0.4, 0.5) is 0 Å². The molecule has 0 atom stereocenters. The predicted octanol–water partition coefficient (Wildman–Crippen LogP) is 0.970. The van der Waals surface area contributed by atoms with Crippen LogP contribution >= 0.6 is 0 Å². The highest BCUT2D eigenvalue weighted by Crippen LogP contribution is 2.38. The summed E-state index contributed by atoms with van der Waals surface area (Å²) >= 11 is 0. The summed E-state index contributed by atoms with van der Waals surface area (Å²) in [5.74, 6) is 0.973. The highest BCUT2D eigenvalue weighted by Gasteiger charge is 2.33. The fraction of sp³-hybridized carbons (Fsp3) is 0.267. The van der Waals surface area contributed by atoms with Gasteiger partial charge in [0.2, 0.25) is 0 Å². The molecule has 4 heteroatoms. The first-order chi connectivity index (χ1) is 8.99. The minimum absolute atomic E-state index is 0.00234. The van der Waals surface area contributed by atoms with E-state index in [0.717, 1.165) is 16.8 Å². The highest BCUT2D eigenvalue weighted by molar-refractivity contribution is 6.35. The van der Waals surface area contributed by atoms with Gasteiger partial charge in [-0.15, -0.1) is 0 Å². The average molecular weight is 253 g/mol. The molecule has 0 aliphatic carbocycles. The first kappa shape index (κ1) is 12.1. The molecule has 1 N–H and O–H groups in total. The van der Waals surface area contributed by atoms with Gasteiger partial charge in [-0.3, -0.25) is 4.79 Å². The van der Waals surface area contributed by atoms with Gasteiger partial charge in [-0.2, -0.15) is 0 Å². The number of fused-ring (bicyclic) bond motifs is 1. The number of hydrogen-bond acceptors (Lipinski definition) is 2. The van der Waals surface area contributed by atoms with Crippen molar-refractivity contribution >= 4 is 13.3 Å². The van der Waals surface area contributed by atoms with Crippen LogP contribution in [0.3, 0.4) is 0 Å². The fourth-order valence-electron chi connectivity index (χ4n) is 2.60. The summed E-state index contributed by atoms with van der Waals surface area (Å²) in [5.41, 5.74) is 3.87. The molecule has 2 aromatic rings. The molecule has 0 unspecified atom stereocenters. The third-order valence-corrected chi connectivity index (χ3v) is 3.71. The van der Waals surface area contributed by atoms with Crippen molar-refractivity contribution < 1.29 is 4.74 Å². The maximum absolute atomic E-state index is 11.9. The molecular weight excluding hydrogens is 237 g/mol. The normalized spacial score (nSPS) is 15.9. The largest absolute Gasteiger partial charge is 0.493 e. The first-order valence-electron chi connectivity index (χ1n) is 6.45. The SMILES string of the molecule is Bc1cc(-c2ccc[nH]c2=O)cc2c1OCC2(C)C. The molecule has 0 saturated carbocycles. The van der Waals surface area contributed by atoms with Gasteiger partial charge in [-0.1, -0.05) is 19.9 Å². The molecule has 96 valence electrons. The number of aromatic amines is 1. The van der Waals surface area contributed by atoms with Crippen LogP contribution < -0.4 is 15.8 Å². The second-order valence-electron chi connectivity index (χ2n) is 5.76. The van der Waals surface area contributed by atoms with Gasteiger partial charge in [0, 0.05) is 22.7 Å². The molecule has 3 rings (SSSR count). The van der Waals surface area contributed by atoms with E-state index in [0.29, 0.717) is 12.2 Å². The van der Waals surface area contributed by atoms with Crippen LogP contribution in [0, 0.1) is 0 Å². The van der Waals surface area contributed by atoms with Crippen molar-refractivity contribution in [1.29, 1.82) is 0 Å². The second kappa shape index (κ2) is 4.02. The summed E-state index contributed by atoms with van der Waals surface area (Å²) in [6, 6.07) is 7.80. The predicted molar refractivity (Wildman–Crippen MR) is 79.2 cm³/mol. The molecule has 3 nitrogen and oxygen atoms in total. The first-order valence-corrected chi connectivity index (χ1v) is 6.45. The molecule has 1 aliphatic rings. The molecule has 0 bridgehead atoms. The van der Waals surface area contributed by atoms with Gasteiger partial charge in [-0.25, -0.2) is 0 Å². The maximum Gasteiger partial charge on any atom is 0.255 e. The van der Waals surface area contributed by atoms with E-state index in [1.165, 1.54) is 5.56 Å². The molecule has 19 heavy (non-hydrogen) atoms. The van der Waals surface area contributed by atoms with Crippen LogP contribution in [-0.4, -0.2) is 19.4 Å². The van der Waals surface area contributed by atoms with Gasteiger partial charge >= 0.3 is 0 Å². The Labute approximate surface area is 113 Å². The number of pyridine rings is 1. The molecule has 1 aliphatic heterocycles. The summed E-state index contributed by atoms with van der Waals surface area (Å²) < 4.78 is 5.78. The quantitative estimate of drug-likeness (QED) is 0.769. The summed E-state index contributed by atoms with van der Waals surface area (Å²) in [6.07, 6.45) is 1.65. The van der Waals surface area contributed by atoms with E-state index in [4.69, 9.17) is 4.74 Å². The number of benzene rings is 1. The summed E-state index contributed by atoms with van der Waals surface area (Å²) in [5, 5.41) is 0. The Morgan fingerprint density at radius 3 is 2.89 bits per heavy atom. The molecule has 1 aromatic heterocycles. The van der Waals surface area contributed by atoms with Gasteiger partial charge in [0.05, 0.1) is 6.61 Å². The van der Waals surface area contributed by atoms with Gasteiger partial charge in [0.25, 0.3) is 5.56 Å². The molecule has 0 radical (unpaired) electrons. The van der Waals surface area contributed by atoms with Crippen molar-refractivity contribution in [2.24, 2.45) is 0 Å². The lowest BCUT2D eigenvalue weighted by atomic mass is 9.81. The Kier molecular flexibility index (Phi) is 2.56. The Morgan fingerprint density at radius 2 is 2.16 bits per heavy atom. The van der Waals surface area contributed by atoms with Crippen molar-refractivity contribution in [3.8, 4) is 16.9 Å². The van der Waals surface area contributed by atoms with Crippen molar-refractivity contribution in [3.63, 3.8) is 0 Å². The van der Waals surface area contributed by atoms with Crippen LogP contribution in [0.2, 0.25) is 0 Å². The highest BCUT2D eigenvalue weighted by atomic mass is 16.5. The lowest BCUT2D eigenvalue weighted by Crippen LogP contribution is -2.18. The van der Waals surface area contributed by atoms with Gasteiger partial charge in [0.1, 0.15) is 13.6 Å². The van der Waals surface area contributed by atoms with Crippen LogP contribution in [0.1, 0.15) is 19.4 Å². The number of nitrogens with one attached hydrogen (secondary N) is 1. The third kappa shape index (κ3) is 1.88. The zero-order valence-electron chi connectivity index (χ0n) is 11.4. The molecule has 0 saturated heterocycles. The molecule has 1 aromatic carbocycles. The molecule has 0 fully saturated rings. The van der Waals surface area contributed by atoms with E-state index < -0.39 is 0 Å². The van der Waals surface area contributed by atoms with Crippen molar-refractivity contribution in [1.82, 2.24) is 4.98 Å². The van der Waals surface area contributed by atoms with Gasteiger partial charge in [0.15, 0.2) is 0 Å². The van der Waals surface area contributed by atoms with Crippen LogP contribution in [0.5, 0.6) is 5.75 Å². The van der Waals surface area contributed by atoms with Crippen LogP contribution in [0.25, 0.3) is 11.1 Å². The van der Waals surface area contributed by atoms with E-state index in [9.17, 15) is 4.79 Å². The lowest BCUT2D eigenvalue weighted by molar-refractivity contribution is 0.292. The average Bonchev–Trinajstić information content (AvgIpc) is 2.66. The van der Waals surface area contributed by atoms with Crippen LogP contribution in [-0.2, 0) is 5.41 Å². The number of ether oxygens (including phenoxy) is 1. The third-order valence-electron chi connectivity index (χ3n) is 3.71. The Morgan fingerprint density at radius 1 is 1.37 bits per heavy atom. The Balaban J connectivity index is 2.24. The summed E-state index contributed by atoms with van der Waals surface area (Å²) in [4.78, 5) is 14.6. The minimum Gasteiger partial charge on any atom is -0.493 e. The number of H-pyrrole nitrogens is 1. The Hall–Kier alpha value is -1.97. The summed E-state index contributed by atoms with van der Waals surface area (Å²) in [6.45, 7) is 5.02. The van der Waals surface area contributed by atoms with E-state index in [-0.39, 0.29) is 11.0 Å². The van der Waals surface area contributed by atoms with Crippen LogP contribution in [0.15, 0.2) is 35.3 Å². The molecule has 2 heterocycles. The zero-order valence-corrected chi connectivity index (χ0v) is 11.4. The number of aromatic nitrogens is 1. The van der Waals surface area contributed by atoms with Crippen molar-refractivity contribution in [2.45, 2.75) is 19.3 Å². The van der Waals surface area contributed by atoms with Crippen molar-refractivity contribution in [2.75, 3.05) is 6.61 Å². The standard InChI is InChI=1S/C15H16BNO2/c1-15(2)8-19-13-11(15)6-9(7-12(13)16)10-4-3-5-17-14(10)18/h3-7H,8,16H2,1-2H3,(H,17,18). The minimum atomic E-state index is -0.0569. The fourth-order valence-corrected chi connectivity index (χ4v) is 2.60. The zero-order chi connectivity index (χ0) is 13.6. The molecule has 0 spiro atoms. The van der Waals surface area contributed by atoms with E-state index in [1.807, 2.05) is 26.0 Å². The molecule has 0 amide bonds. The van der Waals surface area contributed by atoms with E-state index >= 15 is 0 Å².